The Balaban J connectivity index is 1.89. The SMILES string of the molecule is CCOc1cc(C2C3=C(CCCC3=O)NC3=C2C(=O)CCC3)cc(Cl)c1OC(C)C. The average Bonchev–Trinajstić information content (AvgIpc) is 2.69. The van der Waals surface area contributed by atoms with Crippen LogP contribution in [0.15, 0.2) is 34.7 Å². The second-order valence-corrected chi connectivity index (χ2v) is 8.73. The van der Waals surface area contributed by atoms with E-state index in [4.69, 9.17) is 21.1 Å². The lowest BCUT2D eigenvalue weighted by Crippen LogP contribution is -2.36. The van der Waals surface area contributed by atoms with Gasteiger partial charge in [-0.2, -0.15) is 0 Å². The van der Waals surface area contributed by atoms with Gasteiger partial charge in [-0.15, -0.1) is 0 Å². The van der Waals surface area contributed by atoms with Gasteiger partial charge in [0.1, 0.15) is 0 Å². The van der Waals surface area contributed by atoms with E-state index < -0.39 is 5.92 Å². The smallest absolute Gasteiger partial charge is 0.180 e. The molecule has 3 aliphatic rings. The van der Waals surface area contributed by atoms with E-state index in [-0.39, 0.29) is 17.7 Å². The van der Waals surface area contributed by atoms with Gasteiger partial charge in [0.2, 0.25) is 0 Å². The van der Waals surface area contributed by atoms with Crippen molar-refractivity contribution in [2.75, 3.05) is 6.61 Å². The lowest BCUT2D eigenvalue weighted by Gasteiger charge is -2.37. The Morgan fingerprint density at radius 2 is 1.63 bits per heavy atom. The summed E-state index contributed by atoms with van der Waals surface area (Å²) in [5.41, 5.74) is 4.16. The molecule has 30 heavy (non-hydrogen) atoms. The summed E-state index contributed by atoms with van der Waals surface area (Å²) in [5, 5.41) is 3.87. The van der Waals surface area contributed by atoms with Crippen LogP contribution in [0.2, 0.25) is 5.02 Å². The number of carbonyl (C=O) groups excluding carboxylic acids is 2. The van der Waals surface area contributed by atoms with E-state index in [2.05, 4.69) is 5.32 Å². The van der Waals surface area contributed by atoms with E-state index in [0.29, 0.717) is 47.1 Å². The molecule has 0 saturated heterocycles. The second-order valence-electron chi connectivity index (χ2n) is 8.33. The number of ketones is 2. The number of nitrogens with one attached hydrogen (secondary N) is 1. The van der Waals surface area contributed by atoms with Gasteiger partial charge in [-0.3, -0.25) is 9.59 Å². The van der Waals surface area contributed by atoms with Crippen LogP contribution in [0.4, 0.5) is 0 Å². The number of allylic oxidation sites excluding steroid dienone is 4. The van der Waals surface area contributed by atoms with Crippen LogP contribution in [-0.2, 0) is 9.59 Å². The fraction of sp³-hybridized carbons (Fsp3) is 0.500. The van der Waals surface area contributed by atoms with Crippen molar-refractivity contribution < 1.29 is 19.1 Å². The van der Waals surface area contributed by atoms with E-state index in [9.17, 15) is 9.59 Å². The quantitative estimate of drug-likeness (QED) is 0.694. The van der Waals surface area contributed by atoms with E-state index in [1.807, 2.05) is 32.9 Å². The molecular weight excluding hydrogens is 402 g/mol. The first-order valence-electron chi connectivity index (χ1n) is 10.8. The highest BCUT2D eigenvalue weighted by Gasteiger charge is 2.40. The molecule has 0 bridgehead atoms. The third kappa shape index (κ3) is 3.76. The molecule has 5 nitrogen and oxygen atoms in total. The molecule has 0 aromatic heterocycles. The van der Waals surface area contributed by atoms with Gasteiger partial charge in [0.25, 0.3) is 0 Å². The van der Waals surface area contributed by atoms with Crippen LogP contribution in [0.25, 0.3) is 0 Å². The second kappa shape index (κ2) is 8.46. The average molecular weight is 430 g/mol. The predicted molar refractivity (Wildman–Crippen MR) is 116 cm³/mol. The van der Waals surface area contributed by atoms with Crippen LogP contribution in [-0.4, -0.2) is 24.3 Å². The largest absolute Gasteiger partial charge is 0.490 e. The summed E-state index contributed by atoms with van der Waals surface area (Å²) in [5.74, 6) is 0.856. The van der Waals surface area contributed by atoms with Crippen molar-refractivity contribution in [3.05, 3.63) is 45.3 Å². The normalized spacial score (nSPS) is 19.6. The summed E-state index contributed by atoms with van der Waals surface area (Å²) >= 11 is 6.63. The first kappa shape index (κ1) is 21.0. The molecule has 1 aromatic rings. The lowest BCUT2D eigenvalue weighted by molar-refractivity contribution is -0.116. The van der Waals surface area contributed by atoms with Gasteiger partial charge in [0.05, 0.1) is 17.7 Å². The van der Waals surface area contributed by atoms with Crippen LogP contribution in [0.3, 0.4) is 0 Å². The number of hydrogen-bond acceptors (Lipinski definition) is 5. The van der Waals surface area contributed by atoms with Crippen molar-refractivity contribution in [2.45, 2.75) is 71.3 Å². The Morgan fingerprint density at radius 3 is 2.17 bits per heavy atom. The van der Waals surface area contributed by atoms with Gasteiger partial charge in [-0.1, -0.05) is 11.6 Å². The van der Waals surface area contributed by atoms with Gasteiger partial charge < -0.3 is 14.8 Å². The number of hydrogen-bond donors (Lipinski definition) is 1. The van der Waals surface area contributed by atoms with Crippen molar-refractivity contribution in [3.8, 4) is 11.5 Å². The molecule has 0 amide bonds. The third-order valence-corrected chi connectivity index (χ3v) is 6.09. The van der Waals surface area contributed by atoms with Crippen LogP contribution in [0, 0.1) is 0 Å². The van der Waals surface area contributed by atoms with E-state index >= 15 is 0 Å². The minimum atomic E-state index is -0.401. The fourth-order valence-electron chi connectivity index (χ4n) is 4.68. The molecule has 0 spiro atoms. The third-order valence-electron chi connectivity index (χ3n) is 5.81. The Bertz CT molecular complexity index is 918. The minimum absolute atomic E-state index is 0.0603. The summed E-state index contributed by atoms with van der Waals surface area (Å²) in [4.78, 5) is 26.0. The number of ether oxygens (including phenoxy) is 2. The molecule has 1 N–H and O–H groups in total. The maximum atomic E-state index is 13.0. The molecule has 0 radical (unpaired) electrons. The van der Waals surface area contributed by atoms with E-state index in [0.717, 1.165) is 42.6 Å². The summed E-state index contributed by atoms with van der Waals surface area (Å²) in [7, 11) is 0. The number of carbonyl (C=O) groups is 2. The zero-order valence-electron chi connectivity index (χ0n) is 17.8. The van der Waals surface area contributed by atoms with Crippen LogP contribution < -0.4 is 14.8 Å². The Kier molecular flexibility index (Phi) is 5.92. The summed E-state index contributed by atoms with van der Waals surface area (Å²) in [6.45, 7) is 6.23. The van der Waals surface area contributed by atoms with Crippen molar-refractivity contribution in [3.63, 3.8) is 0 Å². The van der Waals surface area contributed by atoms with Crippen LogP contribution in [0.5, 0.6) is 11.5 Å². The number of benzene rings is 1. The number of rotatable bonds is 5. The molecule has 0 atom stereocenters. The zero-order valence-corrected chi connectivity index (χ0v) is 18.5. The lowest BCUT2D eigenvalue weighted by atomic mass is 9.71. The highest BCUT2D eigenvalue weighted by molar-refractivity contribution is 6.32. The Hall–Kier alpha value is -2.27. The van der Waals surface area contributed by atoms with Gasteiger partial charge in [0.15, 0.2) is 23.1 Å². The Morgan fingerprint density at radius 1 is 1.03 bits per heavy atom. The van der Waals surface area contributed by atoms with Crippen LogP contribution in [0.1, 0.15) is 70.8 Å². The van der Waals surface area contributed by atoms with Crippen molar-refractivity contribution in [1.29, 1.82) is 0 Å². The van der Waals surface area contributed by atoms with E-state index in [1.54, 1.807) is 0 Å². The molecule has 6 heteroatoms. The molecular formula is C24H28ClNO4. The maximum absolute atomic E-state index is 13.0. The fourth-order valence-corrected chi connectivity index (χ4v) is 4.95. The molecule has 0 fully saturated rings. The minimum Gasteiger partial charge on any atom is -0.490 e. The predicted octanol–water partition coefficient (Wildman–Crippen LogP) is 5.23. The molecule has 0 saturated carbocycles. The monoisotopic (exact) mass is 429 g/mol. The van der Waals surface area contributed by atoms with Crippen LogP contribution >= 0.6 is 11.6 Å². The Labute approximate surface area is 182 Å². The molecule has 1 heterocycles. The molecule has 1 aliphatic heterocycles. The molecule has 1 aromatic carbocycles. The molecule has 4 rings (SSSR count). The summed E-state index contributed by atoms with van der Waals surface area (Å²) in [6, 6.07) is 3.72. The summed E-state index contributed by atoms with van der Waals surface area (Å²) in [6.07, 6.45) is 4.27. The van der Waals surface area contributed by atoms with Crippen molar-refractivity contribution >= 4 is 23.2 Å². The molecule has 0 unspecified atom stereocenters. The van der Waals surface area contributed by atoms with Gasteiger partial charge in [0, 0.05) is 41.3 Å². The van der Waals surface area contributed by atoms with Gasteiger partial charge in [-0.25, -0.2) is 0 Å². The molecule has 160 valence electrons. The first-order valence-corrected chi connectivity index (χ1v) is 11.2. The zero-order chi connectivity index (χ0) is 21.4. The highest BCUT2D eigenvalue weighted by atomic mass is 35.5. The van der Waals surface area contributed by atoms with Gasteiger partial charge >= 0.3 is 0 Å². The van der Waals surface area contributed by atoms with Crippen molar-refractivity contribution in [1.82, 2.24) is 5.32 Å². The van der Waals surface area contributed by atoms with E-state index in [1.165, 1.54) is 0 Å². The molecule has 2 aliphatic carbocycles. The first-order chi connectivity index (χ1) is 14.4. The number of halogens is 1. The topological polar surface area (TPSA) is 64.6 Å². The van der Waals surface area contributed by atoms with Crippen molar-refractivity contribution in [2.24, 2.45) is 0 Å². The number of dihydropyridines is 1. The number of Topliss-reactive ketones (excluding diaryl/α,β-unsaturated/α-hetero) is 2. The summed E-state index contributed by atoms with van der Waals surface area (Å²) < 4.78 is 11.7. The standard InChI is InChI=1S/C24H28ClNO4/c1-4-29-20-12-14(11-15(25)24(20)30-13(2)3)21-22-16(7-5-9-18(22)27)26-17-8-6-10-19(28)23(17)21/h11-13,21,26H,4-10H2,1-3H3. The highest BCUT2D eigenvalue weighted by Crippen LogP contribution is 2.48. The maximum Gasteiger partial charge on any atom is 0.180 e. The van der Waals surface area contributed by atoms with Gasteiger partial charge in [-0.05, 0) is 64.2 Å².